The van der Waals surface area contributed by atoms with Gasteiger partial charge in [-0.05, 0) is 49.6 Å². The van der Waals surface area contributed by atoms with Crippen molar-refractivity contribution in [3.63, 3.8) is 0 Å². The molecular weight excluding hydrogens is 248 g/mol. The first-order chi connectivity index (χ1) is 9.60. The Morgan fingerprint density at radius 2 is 1.90 bits per heavy atom. The van der Waals surface area contributed by atoms with Gasteiger partial charge in [0.15, 0.2) is 0 Å². The molecule has 2 N–H and O–H groups in total. The third-order valence-electron chi connectivity index (χ3n) is 3.33. The number of nitrogens with two attached hydrogens (primary N) is 1. The van der Waals surface area contributed by atoms with Crippen molar-refractivity contribution in [2.75, 3.05) is 0 Å². The van der Waals surface area contributed by atoms with Gasteiger partial charge < -0.3 is 10.5 Å². The van der Waals surface area contributed by atoms with Crippen LogP contribution in [0.1, 0.15) is 36.1 Å². The van der Waals surface area contributed by atoms with Crippen molar-refractivity contribution in [3.05, 3.63) is 59.4 Å². The first kappa shape index (κ1) is 14.5. The molecule has 3 nitrogen and oxygen atoms in total. The molecule has 2 atom stereocenters. The molecule has 2 aromatic rings. The Balaban J connectivity index is 2.28. The number of aromatic nitrogens is 1. The van der Waals surface area contributed by atoms with Gasteiger partial charge in [-0.15, -0.1) is 0 Å². The number of pyridine rings is 1. The summed E-state index contributed by atoms with van der Waals surface area (Å²) < 4.78 is 6.15. The summed E-state index contributed by atoms with van der Waals surface area (Å²) in [6.07, 6.45) is 4.26. The van der Waals surface area contributed by atoms with Gasteiger partial charge in [-0.25, -0.2) is 0 Å². The molecule has 2 unspecified atom stereocenters. The molecule has 0 amide bonds. The van der Waals surface area contributed by atoms with E-state index in [1.54, 1.807) is 6.20 Å². The van der Waals surface area contributed by atoms with Gasteiger partial charge in [0.2, 0.25) is 0 Å². The summed E-state index contributed by atoms with van der Waals surface area (Å²) in [7, 11) is 0. The van der Waals surface area contributed by atoms with Crippen LogP contribution in [0.4, 0.5) is 0 Å². The molecule has 0 saturated carbocycles. The average molecular weight is 270 g/mol. The van der Waals surface area contributed by atoms with Gasteiger partial charge in [0.05, 0.1) is 0 Å². The van der Waals surface area contributed by atoms with Crippen LogP contribution in [0.2, 0.25) is 0 Å². The zero-order valence-corrected chi connectivity index (χ0v) is 12.3. The van der Waals surface area contributed by atoms with E-state index in [4.69, 9.17) is 10.5 Å². The number of ether oxygens (including phenoxy) is 1. The van der Waals surface area contributed by atoms with E-state index in [1.165, 1.54) is 11.1 Å². The van der Waals surface area contributed by atoms with E-state index in [9.17, 15) is 0 Å². The van der Waals surface area contributed by atoms with Crippen molar-refractivity contribution in [2.24, 2.45) is 5.73 Å². The van der Waals surface area contributed by atoms with Crippen molar-refractivity contribution in [1.82, 2.24) is 4.98 Å². The highest BCUT2D eigenvalue weighted by Gasteiger charge is 2.20. The largest absolute Gasteiger partial charge is 0.484 e. The molecule has 0 saturated heterocycles. The molecule has 1 heterocycles. The van der Waals surface area contributed by atoms with Crippen LogP contribution in [0.15, 0.2) is 42.7 Å². The third kappa shape index (κ3) is 3.58. The first-order valence-electron chi connectivity index (χ1n) is 7.00. The van der Waals surface area contributed by atoms with E-state index in [2.05, 4.69) is 31.8 Å². The second kappa shape index (κ2) is 6.53. The Morgan fingerprint density at radius 3 is 2.45 bits per heavy atom. The minimum absolute atomic E-state index is 0.0555. The maximum absolute atomic E-state index is 6.22. The molecule has 0 fully saturated rings. The molecule has 106 valence electrons. The van der Waals surface area contributed by atoms with Gasteiger partial charge in [0.25, 0.3) is 0 Å². The number of hydrogen-bond acceptors (Lipinski definition) is 3. The molecule has 2 rings (SSSR count). The van der Waals surface area contributed by atoms with Crippen LogP contribution < -0.4 is 10.5 Å². The standard InChI is InChI=1S/C17H22N2O/c1-4-16(18)17(14-6-5-7-19-11-14)20-15-9-12(2)8-13(3)10-15/h5-11,16-17H,4,18H2,1-3H3. The monoisotopic (exact) mass is 270 g/mol. The Morgan fingerprint density at radius 1 is 1.20 bits per heavy atom. The predicted octanol–water partition coefficient (Wildman–Crippen LogP) is 3.56. The van der Waals surface area contributed by atoms with E-state index < -0.39 is 0 Å². The first-order valence-corrected chi connectivity index (χ1v) is 7.00. The van der Waals surface area contributed by atoms with E-state index in [0.717, 1.165) is 17.7 Å². The van der Waals surface area contributed by atoms with Gasteiger partial charge in [-0.3, -0.25) is 4.98 Å². The second-order valence-corrected chi connectivity index (χ2v) is 5.22. The Kier molecular flexibility index (Phi) is 4.74. The summed E-state index contributed by atoms with van der Waals surface area (Å²) in [5.74, 6) is 0.861. The van der Waals surface area contributed by atoms with Crippen LogP contribution in [0.25, 0.3) is 0 Å². The van der Waals surface area contributed by atoms with Crippen molar-refractivity contribution in [1.29, 1.82) is 0 Å². The minimum atomic E-state index is -0.171. The zero-order valence-electron chi connectivity index (χ0n) is 12.3. The lowest BCUT2D eigenvalue weighted by Gasteiger charge is -2.25. The molecular formula is C17H22N2O. The van der Waals surface area contributed by atoms with E-state index >= 15 is 0 Å². The highest BCUT2D eigenvalue weighted by atomic mass is 16.5. The maximum Gasteiger partial charge on any atom is 0.140 e. The number of aryl methyl sites for hydroxylation is 2. The third-order valence-corrected chi connectivity index (χ3v) is 3.33. The Bertz CT molecular complexity index is 534. The number of benzene rings is 1. The van der Waals surface area contributed by atoms with Crippen molar-refractivity contribution in [2.45, 2.75) is 39.3 Å². The molecule has 0 bridgehead atoms. The minimum Gasteiger partial charge on any atom is -0.484 e. The van der Waals surface area contributed by atoms with Crippen LogP contribution in [-0.4, -0.2) is 11.0 Å². The lowest BCUT2D eigenvalue weighted by Crippen LogP contribution is -2.31. The SMILES string of the molecule is CCC(N)C(Oc1cc(C)cc(C)c1)c1cccnc1. The van der Waals surface area contributed by atoms with Crippen molar-refractivity contribution in [3.8, 4) is 5.75 Å². The van der Waals surface area contributed by atoms with Gasteiger partial charge in [-0.2, -0.15) is 0 Å². The highest BCUT2D eigenvalue weighted by Crippen LogP contribution is 2.26. The van der Waals surface area contributed by atoms with Crippen LogP contribution in [0, 0.1) is 13.8 Å². The zero-order chi connectivity index (χ0) is 14.5. The molecule has 0 aliphatic rings. The van der Waals surface area contributed by atoms with Gasteiger partial charge in [0.1, 0.15) is 11.9 Å². The Hall–Kier alpha value is -1.87. The van der Waals surface area contributed by atoms with E-state index in [0.29, 0.717) is 0 Å². The molecule has 0 spiro atoms. The van der Waals surface area contributed by atoms with Crippen LogP contribution in [-0.2, 0) is 0 Å². The van der Waals surface area contributed by atoms with Crippen LogP contribution in [0.3, 0.4) is 0 Å². The quantitative estimate of drug-likeness (QED) is 0.903. The fourth-order valence-corrected chi connectivity index (χ4v) is 2.31. The number of nitrogens with zero attached hydrogens (tertiary/aromatic N) is 1. The smallest absolute Gasteiger partial charge is 0.140 e. The van der Waals surface area contributed by atoms with Crippen molar-refractivity contribution >= 4 is 0 Å². The topological polar surface area (TPSA) is 48.1 Å². The lowest BCUT2D eigenvalue weighted by atomic mass is 10.0. The summed E-state index contributed by atoms with van der Waals surface area (Å²) in [5.41, 5.74) is 9.61. The fraction of sp³-hybridized carbons (Fsp3) is 0.353. The van der Waals surface area contributed by atoms with Crippen molar-refractivity contribution < 1.29 is 4.74 Å². The highest BCUT2D eigenvalue weighted by molar-refractivity contribution is 5.34. The Labute approximate surface area is 120 Å². The molecule has 0 aliphatic carbocycles. The number of rotatable bonds is 5. The summed E-state index contributed by atoms with van der Waals surface area (Å²) in [6.45, 7) is 6.20. The molecule has 0 radical (unpaired) electrons. The average Bonchev–Trinajstić information content (AvgIpc) is 2.44. The lowest BCUT2D eigenvalue weighted by molar-refractivity contribution is 0.170. The molecule has 20 heavy (non-hydrogen) atoms. The molecule has 0 aliphatic heterocycles. The summed E-state index contributed by atoms with van der Waals surface area (Å²) in [6, 6.07) is 10.1. The molecule has 1 aromatic carbocycles. The molecule has 3 heteroatoms. The number of hydrogen-bond donors (Lipinski definition) is 1. The fourth-order valence-electron chi connectivity index (χ4n) is 2.31. The summed E-state index contributed by atoms with van der Waals surface area (Å²) in [5, 5.41) is 0. The van der Waals surface area contributed by atoms with Gasteiger partial charge in [-0.1, -0.05) is 19.1 Å². The van der Waals surface area contributed by atoms with Crippen LogP contribution >= 0.6 is 0 Å². The normalized spacial score (nSPS) is 13.8. The van der Waals surface area contributed by atoms with Gasteiger partial charge in [0, 0.05) is 24.0 Å². The second-order valence-electron chi connectivity index (χ2n) is 5.22. The molecule has 1 aromatic heterocycles. The predicted molar refractivity (Wildman–Crippen MR) is 81.8 cm³/mol. The van der Waals surface area contributed by atoms with E-state index in [-0.39, 0.29) is 12.1 Å². The van der Waals surface area contributed by atoms with Gasteiger partial charge >= 0.3 is 0 Å². The van der Waals surface area contributed by atoms with E-state index in [1.807, 2.05) is 30.5 Å². The summed E-state index contributed by atoms with van der Waals surface area (Å²) in [4.78, 5) is 4.16. The van der Waals surface area contributed by atoms with Crippen LogP contribution in [0.5, 0.6) is 5.75 Å². The summed E-state index contributed by atoms with van der Waals surface area (Å²) >= 11 is 0. The maximum atomic E-state index is 6.22.